The smallest absolute Gasteiger partial charge is 0.243 e. The number of rotatable bonds is 4. The van der Waals surface area contributed by atoms with E-state index < -0.39 is 15.8 Å². The Balaban J connectivity index is 1.69. The van der Waals surface area contributed by atoms with Crippen molar-refractivity contribution in [3.8, 4) is 0 Å². The van der Waals surface area contributed by atoms with Crippen molar-refractivity contribution in [2.75, 3.05) is 40.4 Å². The molecule has 0 amide bonds. The molecule has 1 spiro atoms. The third-order valence-corrected chi connectivity index (χ3v) is 7.35. The molecular weight excluding hydrogens is 331 g/mol. The zero-order valence-corrected chi connectivity index (χ0v) is 15.1. The topological polar surface area (TPSA) is 49.9 Å². The fourth-order valence-electron chi connectivity index (χ4n) is 4.10. The molecule has 1 aromatic rings. The molecule has 1 atom stereocenters. The van der Waals surface area contributed by atoms with Crippen molar-refractivity contribution in [2.24, 2.45) is 5.41 Å². The first-order valence-corrected chi connectivity index (χ1v) is 9.75. The Bertz CT molecular complexity index is 687. The number of piperidine rings is 1. The molecule has 2 heterocycles. The molecule has 0 N–H and O–H groups in total. The van der Waals surface area contributed by atoms with Gasteiger partial charge in [0, 0.05) is 32.8 Å². The number of hydrogen-bond acceptors (Lipinski definition) is 4. The van der Waals surface area contributed by atoms with Crippen LogP contribution in [0.4, 0.5) is 4.39 Å². The van der Waals surface area contributed by atoms with Gasteiger partial charge in [-0.3, -0.25) is 0 Å². The molecule has 24 heavy (non-hydrogen) atoms. The highest BCUT2D eigenvalue weighted by Crippen LogP contribution is 2.43. The Morgan fingerprint density at radius 1 is 1.33 bits per heavy atom. The maximum atomic E-state index is 13.4. The molecule has 0 aliphatic carbocycles. The van der Waals surface area contributed by atoms with Crippen LogP contribution >= 0.6 is 0 Å². The molecule has 0 saturated carbocycles. The maximum Gasteiger partial charge on any atom is 0.243 e. The number of nitrogens with zero attached hydrogens (tertiary/aromatic N) is 2. The zero-order chi connectivity index (χ0) is 17.4. The SMILES string of the molecule is COC[C@@H]1CC2(CCN(S(=O)(=O)c3cccc(F)c3)CC2)CN1C. The first-order valence-electron chi connectivity index (χ1n) is 8.31. The molecule has 2 aliphatic rings. The van der Waals surface area contributed by atoms with Crippen molar-refractivity contribution < 1.29 is 17.5 Å². The third-order valence-electron chi connectivity index (χ3n) is 5.45. The van der Waals surface area contributed by atoms with Crippen LogP contribution in [0.15, 0.2) is 29.2 Å². The molecule has 0 bridgehead atoms. The Morgan fingerprint density at radius 2 is 2.04 bits per heavy atom. The number of halogens is 1. The van der Waals surface area contributed by atoms with E-state index in [2.05, 4.69) is 11.9 Å². The van der Waals surface area contributed by atoms with Crippen molar-refractivity contribution in [1.82, 2.24) is 9.21 Å². The second kappa shape index (κ2) is 6.71. The van der Waals surface area contributed by atoms with E-state index >= 15 is 0 Å². The van der Waals surface area contributed by atoms with Crippen LogP contribution in [0.25, 0.3) is 0 Å². The summed E-state index contributed by atoms with van der Waals surface area (Å²) >= 11 is 0. The van der Waals surface area contributed by atoms with Crippen molar-refractivity contribution >= 4 is 10.0 Å². The fraction of sp³-hybridized carbons (Fsp3) is 0.647. The standard InChI is InChI=1S/C17H25FN2O3S/c1-19-13-17(11-15(19)12-23-2)6-8-20(9-7-17)24(21,22)16-5-3-4-14(18)10-16/h3-5,10,15H,6-9,11-13H2,1-2H3/t15-/m0/s1. The minimum Gasteiger partial charge on any atom is -0.383 e. The summed E-state index contributed by atoms with van der Waals surface area (Å²) in [6.45, 7) is 2.68. The first-order chi connectivity index (χ1) is 11.4. The minimum atomic E-state index is -3.61. The number of likely N-dealkylation sites (tertiary alicyclic amines) is 1. The van der Waals surface area contributed by atoms with Gasteiger partial charge >= 0.3 is 0 Å². The molecule has 0 aromatic heterocycles. The van der Waals surface area contributed by atoms with Gasteiger partial charge in [-0.05, 0) is 49.9 Å². The van der Waals surface area contributed by atoms with Gasteiger partial charge < -0.3 is 9.64 Å². The van der Waals surface area contributed by atoms with Crippen LogP contribution < -0.4 is 0 Å². The summed E-state index contributed by atoms with van der Waals surface area (Å²) in [5.74, 6) is -0.524. The van der Waals surface area contributed by atoms with E-state index in [0.29, 0.717) is 25.7 Å². The molecule has 2 fully saturated rings. The first kappa shape index (κ1) is 17.8. The van der Waals surface area contributed by atoms with Crippen LogP contribution in [0.5, 0.6) is 0 Å². The fourth-order valence-corrected chi connectivity index (χ4v) is 5.57. The van der Waals surface area contributed by atoms with Crippen molar-refractivity contribution in [1.29, 1.82) is 0 Å². The predicted octanol–water partition coefficient (Wildman–Crippen LogP) is 1.95. The summed E-state index contributed by atoms with van der Waals surface area (Å²) in [6, 6.07) is 5.66. The number of sulfonamides is 1. The molecule has 0 unspecified atom stereocenters. The predicted molar refractivity (Wildman–Crippen MR) is 89.7 cm³/mol. The van der Waals surface area contributed by atoms with Gasteiger partial charge in [0.1, 0.15) is 5.82 Å². The lowest BCUT2D eigenvalue weighted by Crippen LogP contribution is -2.44. The summed E-state index contributed by atoms with van der Waals surface area (Å²) in [6.07, 6.45) is 2.73. The van der Waals surface area contributed by atoms with Crippen LogP contribution in [0.1, 0.15) is 19.3 Å². The van der Waals surface area contributed by atoms with Gasteiger partial charge in [0.25, 0.3) is 0 Å². The quantitative estimate of drug-likeness (QED) is 0.827. The summed E-state index contributed by atoms with van der Waals surface area (Å²) < 4.78 is 45.6. The van der Waals surface area contributed by atoms with Gasteiger partial charge in [0.2, 0.25) is 10.0 Å². The van der Waals surface area contributed by atoms with Gasteiger partial charge in [-0.15, -0.1) is 0 Å². The van der Waals surface area contributed by atoms with Crippen LogP contribution in [0.2, 0.25) is 0 Å². The monoisotopic (exact) mass is 356 g/mol. The highest BCUT2D eigenvalue weighted by atomic mass is 32.2. The number of likely N-dealkylation sites (N-methyl/N-ethyl adjacent to an activating group) is 1. The number of ether oxygens (including phenoxy) is 1. The van der Waals surface area contributed by atoms with E-state index in [1.807, 2.05) is 0 Å². The summed E-state index contributed by atoms with van der Waals surface area (Å²) in [7, 11) is 0.208. The highest BCUT2D eigenvalue weighted by molar-refractivity contribution is 7.89. The zero-order valence-electron chi connectivity index (χ0n) is 14.2. The molecule has 7 heteroatoms. The number of methoxy groups -OCH3 is 1. The average Bonchev–Trinajstić information content (AvgIpc) is 2.83. The second-order valence-corrected chi connectivity index (χ2v) is 9.03. The molecule has 0 radical (unpaired) electrons. The minimum absolute atomic E-state index is 0.0410. The van der Waals surface area contributed by atoms with Crippen molar-refractivity contribution in [3.05, 3.63) is 30.1 Å². The van der Waals surface area contributed by atoms with E-state index in [4.69, 9.17) is 4.74 Å². The van der Waals surface area contributed by atoms with Crippen LogP contribution in [-0.2, 0) is 14.8 Å². The molecule has 5 nitrogen and oxygen atoms in total. The lowest BCUT2D eigenvalue weighted by atomic mass is 9.77. The second-order valence-electron chi connectivity index (χ2n) is 7.09. The molecule has 1 aromatic carbocycles. The number of hydrogen-bond donors (Lipinski definition) is 0. The number of benzene rings is 1. The van der Waals surface area contributed by atoms with Gasteiger partial charge in [-0.1, -0.05) is 6.07 Å². The summed E-state index contributed by atoms with van der Waals surface area (Å²) in [4.78, 5) is 2.36. The molecule has 2 aliphatic heterocycles. The molecule has 2 saturated heterocycles. The lowest BCUT2D eigenvalue weighted by Gasteiger charge is -2.38. The lowest BCUT2D eigenvalue weighted by molar-refractivity contribution is 0.129. The van der Waals surface area contributed by atoms with Gasteiger partial charge in [-0.2, -0.15) is 4.31 Å². The van der Waals surface area contributed by atoms with Crippen molar-refractivity contribution in [2.45, 2.75) is 30.2 Å². The normalized spacial score (nSPS) is 25.4. The Hall–Kier alpha value is -1.02. The van der Waals surface area contributed by atoms with Gasteiger partial charge in [-0.25, -0.2) is 12.8 Å². The van der Waals surface area contributed by atoms with Gasteiger partial charge in [0.05, 0.1) is 11.5 Å². The van der Waals surface area contributed by atoms with Crippen LogP contribution in [0.3, 0.4) is 0 Å². The largest absolute Gasteiger partial charge is 0.383 e. The van der Waals surface area contributed by atoms with Crippen LogP contribution in [0, 0.1) is 11.2 Å². The molecule has 134 valence electrons. The molecule has 3 rings (SSSR count). The van der Waals surface area contributed by atoms with E-state index in [9.17, 15) is 12.8 Å². The van der Waals surface area contributed by atoms with Crippen LogP contribution in [-0.4, -0.2) is 64.1 Å². The Kier molecular flexibility index (Phi) is 4.97. The average molecular weight is 356 g/mol. The third kappa shape index (κ3) is 3.35. The van der Waals surface area contributed by atoms with E-state index in [0.717, 1.165) is 31.9 Å². The highest BCUT2D eigenvalue weighted by Gasteiger charge is 2.45. The van der Waals surface area contributed by atoms with E-state index in [1.165, 1.54) is 22.5 Å². The van der Waals surface area contributed by atoms with Gasteiger partial charge in [0.15, 0.2) is 0 Å². The Labute approximate surface area is 143 Å². The summed E-state index contributed by atoms with van der Waals surface area (Å²) in [5.41, 5.74) is 0.173. The van der Waals surface area contributed by atoms with Crippen molar-refractivity contribution in [3.63, 3.8) is 0 Å². The maximum absolute atomic E-state index is 13.4. The summed E-state index contributed by atoms with van der Waals surface area (Å²) in [5, 5.41) is 0. The molecular formula is C17H25FN2O3S. The van der Waals surface area contributed by atoms with E-state index in [-0.39, 0.29) is 10.3 Å². The Morgan fingerprint density at radius 3 is 2.67 bits per heavy atom. The van der Waals surface area contributed by atoms with E-state index in [1.54, 1.807) is 7.11 Å².